The molecule has 1 aromatic rings. The van der Waals surface area contributed by atoms with Crippen LogP contribution in [-0.2, 0) is 13.1 Å². The van der Waals surface area contributed by atoms with Gasteiger partial charge in [-0.25, -0.2) is 0 Å². The topological polar surface area (TPSA) is 49.5 Å². The van der Waals surface area contributed by atoms with Crippen molar-refractivity contribution in [3.63, 3.8) is 0 Å². The maximum absolute atomic E-state index is 9.25. The summed E-state index contributed by atoms with van der Waals surface area (Å²) in [6.45, 7) is 6.38. The SMILES string of the molecule is Cc1cc(CN)ccc1CN(C)CCC(C)O. The van der Waals surface area contributed by atoms with Gasteiger partial charge in [0.15, 0.2) is 0 Å². The van der Waals surface area contributed by atoms with E-state index in [9.17, 15) is 5.11 Å². The Labute approximate surface area is 104 Å². The van der Waals surface area contributed by atoms with Crippen LogP contribution >= 0.6 is 0 Å². The quantitative estimate of drug-likeness (QED) is 0.789. The summed E-state index contributed by atoms with van der Waals surface area (Å²) in [5.41, 5.74) is 9.41. The lowest BCUT2D eigenvalue weighted by Gasteiger charge is -2.19. The Balaban J connectivity index is 2.56. The molecule has 1 atom stereocenters. The number of hydrogen-bond donors (Lipinski definition) is 2. The molecule has 1 aromatic carbocycles. The molecule has 0 heterocycles. The Hall–Kier alpha value is -0.900. The Kier molecular flexibility index (Phi) is 5.62. The molecule has 0 aromatic heterocycles. The fourth-order valence-electron chi connectivity index (χ4n) is 1.84. The average molecular weight is 236 g/mol. The van der Waals surface area contributed by atoms with E-state index in [0.717, 1.165) is 19.5 Å². The molecule has 1 unspecified atom stereocenters. The second-order valence-electron chi connectivity index (χ2n) is 4.84. The molecule has 0 radical (unpaired) electrons. The molecule has 0 aliphatic rings. The summed E-state index contributed by atoms with van der Waals surface area (Å²) in [6.07, 6.45) is 0.592. The number of benzene rings is 1. The first-order valence-corrected chi connectivity index (χ1v) is 6.18. The van der Waals surface area contributed by atoms with Gasteiger partial charge in [-0.2, -0.15) is 0 Å². The lowest BCUT2D eigenvalue weighted by atomic mass is 10.0. The summed E-state index contributed by atoms with van der Waals surface area (Å²) < 4.78 is 0. The minimum atomic E-state index is -0.224. The first-order chi connectivity index (χ1) is 8.02. The molecule has 0 saturated heterocycles. The average Bonchev–Trinajstić information content (AvgIpc) is 2.29. The van der Waals surface area contributed by atoms with Crippen molar-refractivity contribution in [1.29, 1.82) is 0 Å². The highest BCUT2D eigenvalue weighted by atomic mass is 16.3. The summed E-state index contributed by atoms with van der Waals surface area (Å²) >= 11 is 0. The van der Waals surface area contributed by atoms with Crippen LogP contribution < -0.4 is 5.73 Å². The molecule has 3 nitrogen and oxygen atoms in total. The molecule has 0 fully saturated rings. The highest BCUT2D eigenvalue weighted by molar-refractivity contribution is 5.30. The smallest absolute Gasteiger partial charge is 0.0524 e. The van der Waals surface area contributed by atoms with Gasteiger partial charge in [0.1, 0.15) is 0 Å². The van der Waals surface area contributed by atoms with Crippen molar-refractivity contribution in [2.24, 2.45) is 5.73 Å². The van der Waals surface area contributed by atoms with E-state index in [1.54, 1.807) is 0 Å². The van der Waals surface area contributed by atoms with Gasteiger partial charge in [-0.1, -0.05) is 18.2 Å². The maximum Gasteiger partial charge on any atom is 0.0524 e. The number of nitrogens with two attached hydrogens (primary N) is 1. The summed E-state index contributed by atoms with van der Waals surface area (Å²) in [4.78, 5) is 2.23. The van der Waals surface area contributed by atoms with Crippen molar-refractivity contribution in [1.82, 2.24) is 4.90 Å². The summed E-state index contributed by atoms with van der Waals surface area (Å²) in [5, 5.41) is 9.25. The van der Waals surface area contributed by atoms with E-state index in [1.165, 1.54) is 16.7 Å². The van der Waals surface area contributed by atoms with Gasteiger partial charge in [-0.3, -0.25) is 0 Å². The fourth-order valence-corrected chi connectivity index (χ4v) is 1.84. The highest BCUT2D eigenvalue weighted by Gasteiger charge is 2.05. The third-order valence-corrected chi connectivity index (χ3v) is 3.01. The molecule has 0 amide bonds. The Bertz CT molecular complexity index is 350. The zero-order valence-corrected chi connectivity index (χ0v) is 11.1. The zero-order valence-electron chi connectivity index (χ0n) is 11.1. The molecule has 0 spiro atoms. The van der Waals surface area contributed by atoms with Gasteiger partial charge in [0.05, 0.1) is 6.10 Å². The molecule has 0 bridgehead atoms. The second kappa shape index (κ2) is 6.74. The number of aliphatic hydroxyl groups is 1. The third-order valence-electron chi connectivity index (χ3n) is 3.01. The molecule has 0 aliphatic heterocycles. The van der Waals surface area contributed by atoms with Crippen LogP contribution in [0.25, 0.3) is 0 Å². The number of hydrogen-bond acceptors (Lipinski definition) is 3. The zero-order chi connectivity index (χ0) is 12.8. The number of nitrogens with zero attached hydrogens (tertiary/aromatic N) is 1. The van der Waals surface area contributed by atoms with Crippen LogP contribution in [0.5, 0.6) is 0 Å². The molecular formula is C14H24N2O. The number of aryl methyl sites for hydroxylation is 1. The van der Waals surface area contributed by atoms with Crippen molar-refractivity contribution in [3.8, 4) is 0 Å². The van der Waals surface area contributed by atoms with Crippen molar-refractivity contribution in [2.45, 2.75) is 39.5 Å². The number of aliphatic hydroxyl groups excluding tert-OH is 1. The minimum absolute atomic E-state index is 0.224. The van der Waals surface area contributed by atoms with Crippen LogP contribution in [0, 0.1) is 6.92 Å². The van der Waals surface area contributed by atoms with Gasteiger partial charge >= 0.3 is 0 Å². The van der Waals surface area contributed by atoms with Gasteiger partial charge < -0.3 is 15.7 Å². The van der Waals surface area contributed by atoms with Crippen molar-refractivity contribution in [3.05, 3.63) is 34.9 Å². The first kappa shape index (κ1) is 14.2. The van der Waals surface area contributed by atoms with Crippen LogP contribution in [-0.4, -0.2) is 29.7 Å². The summed E-state index contributed by atoms with van der Waals surface area (Å²) in [7, 11) is 2.08. The molecule has 1 rings (SSSR count). The third kappa shape index (κ3) is 4.86. The van der Waals surface area contributed by atoms with Crippen molar-refractivity contribution in [2.75, 3.05) is 13.6 Å². The second-order valence-corrected chi connectivity index (χ2v) is 4.84. The van der Waals surface area contributed by atoms with E-state index < -0.39 is 0 Å². The van der Waals surface area contributed by atoms with E-state index in [0.29, 0.717) is 6.54 Å². The molecule has 17 heavy (non-hydrogen) atoms. The van der Waals surface area contributed by atoms with E-state index in [-0.39, 0.29) is 6.10 Å². The van der Waals surface area contributed by atoms with E-state index >= 15 is 0 Å². The first-order valence-electron chi connectivity index (χ1n) is 6.18. The number of rotatable bonds is 6. The molecular weight excluding hydrogens is 212 g/mol. The molecule has 96 valence electrons. The van der Waals surface area contributed by atoms with Crippen LogP contribution in [0.4, 0.5) is 0 Å². The Morgan fingerprint density at radius 1 is 1.41 bits per heavy atom. The van der Waals surface area contributed by atoms with Crippen LogP contribution in [0.3, 0.4) is 0 Å². The van der Waals surface area contributed by atoms with E-state index in [4.69, 9.17) is 5.73 Å². The fraction of sp³-hybridized carbons (Fsp3) is 0.571. The normalized spacial score (nSPS) is 13.1. The van der Waals surface area contributed by atoms with E-state index in [2.05, 4.69) is 37.1 Å². The summed E-state index contributed by atoms with van der Waals surface area (Å²) in [6, 6.07) is 6.39. The monoisotopic (exact) mass is 236 g/mol. The lowest BCUT2D eigenvalue weighted by molar-refractivity contribution is 0.163. The van der Waals surface area contributed by atoms with Gasteiger partial charge in [0.25, 0.3) is 0 Å². The highest BCUT2D eigenvalue weighted by Crippen LogP contribution is 2.13. The molecule has 0 saturated carbocycles. The Morgan fingerprint density at radius 2 is 2.12 bits per heavy atom. The lowest BCUT2D eigenvalue weighted by Crippen LogP contribution is -2.22. The predicted molar refractivity (Wildman–Crippen MR) is 71.7 cm³/mol. The molecule has 3 heteroatoms. The van der Waals surface area contributed by atoms with Gasteiger partial charge in [-0.05, 0) is 44.0 Å². The predicted octanol–water partition coefficient (Wildman–Crippen LogP) is 1.66. The van der Waals surface area contributed by atoms with E-state index in [1.807, 2.05) is 6.92 Å². The van der Waals surface area contributed by atoms with Crippen molar-refractivity contribution >= 4 is 0 Å². The van der Waals surface area contributed by atoms with Crippen LogP contribution in [0.15, 0.2) is 18.2 Å². The minimum Gasteiger partial charge on any atom is -0.393 e. The van der Waals surface area contributed by atoms with Crippen LogP contribution in [0.1, 0.15) is 30.0 Å². The van der Waals surface area contributed by atoms with Crippen molar-refractivity contribution < 1.29 is 5.11 Å². The largest absolute Gasteiger partial charge is 0.393 e. The standard InChI is InChI=1S/C14H24N2O/c1-11-8-13(9-15)4-5-14(11)10-16(3)7-6-12(2)17/h4-5,8,12,17H,6-7,9-10,15H2,1-3H3. The van der Waals surface area contributed by atoms with Gasteiger partial charge in [-0.15, -0.1) is 0 Å². The Morgan fingerprint density at radius 3 is 2.65 bits per heavy atom. The molecule has 3 N–H and O–H groups in total. The summed E-state index contributed by atoms with van der Waals surface area (Å²) in [5.74, 6) is 0. The van der Waals surface area contributed by atoms with Crippen LogP contribution in [0.2, 0.25) is 0 Å². The van der Waals surface area contributed by atoms with Gasteiger partial charge in [0, 0.05) is 19.6 Å². The van der Waals surface area contributed by atoms with Gasteiger partial charge in [0.2, 0.25) is 0 Å². The molecule has 0 aliphatic carbocycles. The maximum atomic E-state index is 9.25.